The molecular formula is C22H42O3. The molecule has 0 rings (SSSR count). The van der Waals surface area contributed by atoms with Gasteiger partial charge in [0.2, 0.25) is 0 Å². The van der Waals surface area contributed by atoms with E-state index in [1.165, 1.54) is 77.0 Å². The third-order valence-corrected chi connectivity index (χ3v) is 4.85. The number of hydrogen-bond acceptors (Lipinski definition) is 2. The third kappa shape index (κ3) is 19.3. The molecule has 0 bridgehead atoms. The van der Waals surface area contributed by atoms with Gasteiger partial charge in [0, 0.05) is 6.61 Å². The lowest BCUT2D eigenvalue weighted by Gasteiger charge is -2.10. The normalized spacial score (nSPS) is 12.7. The van der Waals surface area contributed by atoms with E-state index >= 15 is 0 Å². The van der Waals surface area contributed by atoms with Gasteiger partial charge in [-0.3, -0.25) is 4.79 Å². The summed E-state index contributed by atoms with van der Waals surface area (Å²) in [6.07, 6.45) is 23.6. The van der Waals surface area contributed by atoms with Crippen LogP contribution in [0.1, 0.15) is 110 Å². The van der Waals surface area contributed by atoms with Crippen LogP contribution in [-0.4, -0.2) is 22.8 Å². The Balaban J connectivity index is 3.25. The number of allylic oxidation sites excluding steroid dienone is 2. The van der Waals surface area contributed by atoms with E-state index in [2.05, 4.69) is 19.1 Å². The van der Waals surface area contributed by atoms with Gasteiger partial charge in [0.25, 0.3) is 0 Å². The molecule has 0 aliphatic heterocycles. The highest BCUT2D eigenvalue weighted by molar-refractivity contribution is 5.67. The lowest BCUT2D eigenvalue weighted by molar-refractivity contribution is -0.138. The molecule has 0 amide bonds. The molecule has 0 aromatic rings. The predicted molar refractivity (Wildman–Crippen MR) is 107 cm³/mol. The van der Waals surface area contributed by atoms with Crippen molar-refractivity contribution in [2.75, 3.05) is 6.61 Å². The molecule has 1 unspecified atom stereocenters. The van der Waals surface area contributed by atoms with Crippen LogP contribution in [0.2, 0.25) is 0 Å². The minimum absolute atomic E-state index is 0.00260. The molecule has 0 spiro atoms. The molecule has 0 aromatic heterocycles. The van der Waals surface area contributed by atoms with Crippen LogP contribution in [0.3, 0.4) is 0 Å². The summed E-state index contributed by atoms with van der Waals surface area (Å²) in [5.41, 5.74) is 0. The van der Waals surface area contributed by atoms with E-state index in [0.717, 1.165) is 19.3 Å². The molecule has 2 N–H and O–H groups in total. The molecule has 0 saturated carbocycles. The molecule has 0 aliphatic carbocycles. The van der Waals surface area contributed by atoms with Crippen LogP contribution >= 0.6 is 0 Å². The van der Waals surface area contributed by atoms with Crippen molar-refractivity contribution >= 4 is 5.97 Å². The molecule has 0 heterocycles. The van der Waals surface area contributed by atoms with Crippen molar-refractivity contribution in [3.63, 3.8) is 0 Å². The summed E-state index contributed by atoms with van der Waals surface area (Å²) >= 11 is 0. The van der Waals surface area contributed by atoms with Crippen LogP contribution in [0.5, 0.6) is 0 Å². The first kappa shape index (κ1) is 24.2. The number of unbranched alkanes of at least 4 members (excludes halogenated alkanes) is 12. The van der Waals surface area contributed by atoms with Crippen molar-refractivity contribution in [1.82, 2.24) is 0 Å². The summed E-state index contributed by atoms with van der Waals surface area (Å²) in [4.78, 5) is 10.6. The zero-order valence-corrected chi connectivity index (χ0v) is 16.6. The van der Waals surface area contributed by atoms with Gasteiger partial charge < -0.3 is 10.2 Å². The van der Waals surface area contributed by atoms with Crippen molar-refractivity contribution in [3.05, 3.63) is 12.2 Å². The van der Waals surface area contributed by atoms with Crippen molar-refractivity contribution < 1.29 is 15.0 Å². The molecule has 0 aromatic carbocycles. The summed E-state index contributed by atoms with van der Waals surface area (Å²) in [5, 5.41) is 17.9. The number of hydrogen-bond donors (Lipinski definition) is 2. The Hall–Kier alpha value is -0.830. The molecule has 3 nitrogen and oxygen atoms in total. The fourth-order valence-electron chi connectivity index (χ4n) is 3.19. The summed E-state index contributed by atoms with van der Waals surface area (Å²) in [7, 11) is 0. The number of aliphatic hydroxyl groups excluding tert-OH is 1. The Morgan fingerprint density at radius 3 is 1.76 bits per heavy atom. The summed E-state index contributed by atoms with van der Waals surface area (Å²) in [6, 6.07) is 0. The van der Waals surface area contributed by atoms with Gasteiger partial charge >= 0.3 is 5.97 Å². The van der Waals surface area contributed by atoms with Gasteiger partial charge in [0.05, 0.1) is 6.42 Å². The number of aliphatic carboxylic acids is 1. The number of carboxylic acid groups (broad SMARTS) is 1. The first-order valence-electron chi connectivity index (χ1n) is 10.7. The van der Waals surface area contributed by atoms with Crippen LogP contribution in [0.4, 0.5) is 0 Å². The minimum Gasteiger partial charge on any atom is -0.481 e. The van der Waals surface area contributed by atoms with Crippen molar-refractivity contribution in [3.8, 4) is 0 Å². The molecule has 0 fully saturated rings. The van der Waals surface area contributed by atoms with Gasteiger partial charge in [-0.1, -0.05) is 83.3 Å². The molecular weight excluding hydrogens is 312 g/mol. The second-order valence-electron chi connectivity index (χ2n) is 7.37. The van der Waals surface area contributed by atoms with E-state index in [4.69, 9.17) is 10.2 Å². The number of carbonyl (C=O) groups is 1. The molecule has 0 aliphatic rings. The third-order valence-electron chi connectivity index (χ3n) is 4.85. The van der Waals surface area contributed by atoms with E-state index in [1.54, 1.807) is 0 Å². The van der Waals surface area contributed by atoms with Gasteiger partial charge in [0.15, 0.2) is 0 Å². The largest absolute Gasteiger partial charge is 0.481 e. The maximum absolute atomic E-state index is 10.6. The van der Waals surface area contributed by atoms with E-state index in [-0.39, 0.29) is 18.9 Å². The lowest BCUT2D eigenvalue weighted by atomic mass is 9.98. The lowest BCUT2D eigenvalue weighted by Crippen LogP contribution is -2.11. The Bertz CT molecular complexity index is 312. The second kappa shape index (κ2) is 19.5. The van der Waals surface area contributed by atoms with Gasteiger partial charge in [-0.2, -0.15) is 0 Å². The first-order valence-corrected chi connectivity index (χ1v) is 10.7. The van der Waals surface area contributed by atoms with Crippen molar-refractivity contribution in [1.29, 1.82) is 0 Å². The Morgan fingerprint density at radius 1 is 0.800 bits per heavy atom. The van der Waals surface area contributed by atoms with Gasteiger partial charge in [0.1, 0.15) is 0 Å². The zero-order valence-electron chi connectivity index (χ0n) is 16.6. The van der Waals surface area contributed by atoms with E-state index in [9.17, 15) is 4.79 Å². The number of rotatable bonds is 19. The first-order chi connectivity index (χ1) is 12.2. The highest BCUT2D eigenvalue weighted by Crippen LogP contribution is 2.15. The average molecular weight is 355 g/mol. The molecule has 148 valence electrons. The highest BCUT2D eigenvalue weighted by atomic mass is 16.4. The number of carboxylic acids is 1. The summed E-state index contributed by atoms with van der Waals surface area (Å²) in [5.74, 6) is -0.863. The van der Waals surface area contributed by atoms with Crippen LogP contribution in [0.25, 0.3) is 0 Å². The fourth-order valence-corrected chi connectivity index (χ4v) is 3.19. The highest BCUT2D eigenvalue weighted by Gasteiger charge is 2.11. The molecule has 1 atom stereocenters. The van der Waals surface area contributed by atoms with Crippen LogP contribution in [0.15, 0.2) is 12.2 Å². The van der Waals surface area contributed by atoms with E-state index in [1.807, 2.05) is 0 Å². The van der Waals surface area contributed by atoms with Gasteiger partial charge in [-0.25, -0.2) is 0 Å². The maximum atomic E-state index is 10.6. The number of aliphatic hydroxyl groups is 1. The molecule has 0 radical (unpaired) electrons. The fraction of sp³-hybridized carbons (Fsp3) is 0.864. The second-order valence-corrected chi connectivity index (χ2v) is 7.37. The summed E-state index contributed by atoms with van der Waals surface area (Å²) in [6.45, 7) is 2.26. The topological polar surface area (TPSA) is 57.5 Å². The predicted octanol–water partition coefficient (Wildman–Crippen LogP) is 6.50. The molecule has 0 saturated heterocycles. The van der Waals surface area contributed by atoms with Crippen molar-refractivity contribution in [2.45, 2.75) is 110 Å². The summed E-state index contributed by atoms with van der Waals surface area (Å²) < 4.78 is 0. The van der Waals surface area contributed by atoms with E-state index in [0.29, 0.717) is 0 Å². The van der Waals surface area contributed by atoms with Crippen LogP contribution < -0.4 is 0 Å². The van der Waals surface area contributed by atoms with Crippen LogP contribution in [-0.2, 0) is 4.79 Å². The van der Waals surface area contributed by atoms with Crippen molar-refractivity contribution in [2.24, 2.45) is 5.92 Å². The minimum atomic E-state index is -0.802. The Labute approximate surface area is 155 Å². The van der Waals surface area contributed by atoms with E-state index < -0.39 is 5.97 Å². The quantitative estimate of drug-likeness (QED) is 0.206. The zero-order chi connectivity index (χ0) is 18.6. The average Bonchev–Trinajstić information content (AvgIpc) is 2.60. The SMILES string of the molecule is CCCCCCCC/C=C\CCCCCCCCC(CO)CC(=O)O. The standard InChI is InChI=1S/C22H42O3/c1-2-3-4-5-6-7-8-9-10-11-12-13-14-15-16-17-18-21(20-23)19-22(24)25/h9-10,21,23H,2-8,11-20H2,1H3,(H,24,25)/b10-9-. The maximum Gasteiger partial charge on any atom is 0.303 e. The monoisotopic (exact) mass is 354 g/mol. The van der Waals surface area contributed by atoms with Crippen LogP contribution in [0, 0.1) is 5.92 Å². The Morgan fingerprint density at radius 2 is 1.28 bits per heavy atom. The van der Waals surface area contributed by atoms with Gasteiger partial charge in [-0.05, 0) is 38.0 Å². The molecule has 3 heteroatoms. The van der Waals surface area contributed by atoms with Gasteiger partial charge in [-0.15, -0.1) is 0 Å². The Kier molecular flexibility index (Phi) is 18.8. The smallest absolute Gasteiger partial charge is 0.303 e. The molecule has 25 heavy (non-hydrogen) atoms.